The fraction of sp³-hybridized carbons (Fsp3) is 0.933. The largest absolute Gasteiger partial charge is 0.381 e. The summed E-state index contributed by atoms with van der Waals surface area (Å²) in [5.74, 6) is 0.533. The summed E-state index contributed by atoms with van der Waals surface area (Å²) in [7, 11) is 0. The van der Waals surface area contributed by atoms with Crippen LogP contribution in [0.4, 0.5) is 0 Å². The third-order valence-corrected chi connectivity index (χ3v) is 2.81. The lowest BCUT2D eigenvalue weighted by Gasteiger charge is -2.08. The Labute approximate surface area is 119 Å². The normalized spacial score (nSPS) is 12.1. The van der Waals surface area contributed by atoms with E-state index in [1.807, 2.05) is 13.8 Å². The monoisotopic (exact) mass is 271 g/mol. The number of unbranched alkanes of at least 4 members (excludes halogenated alkanes) is 5. The molecule has 0 aliphatic heterocycles. The standard InChI is InChI=1S/C15H33N3O/c1-4-5-6-7-8-9-12-19-13-10-11-17-15(16)18-14(2)3/h14H,4-13H2,1-3H3,(H3,16,17,18). The highest BCUT2D eigenvalue weighted by molar-refractivity contribution is 5.77. The molecule has 0 amide bonds. The SMILES string of the molecule is CCCCCCCCOCCCN=C(N)NC(C)C. The number of nitrogens with zero attached hydrogens (tertiary/aromatic N) is 1. The van der Waals surface area contributed by atoms with Crippen LogP contribution in [0.3, 0.4) is 0 Å². The molecule has 0 rings (SSSR count). The molecule has 0 aromatic heterocycles. The van der Waals surface area contributed by atoms with Crippen LogP contribution in [0.25, 0.3) is 0 Å². The molecule has 0 fully saturated rings. The van der Waals surface area contributed by atoms with Crippen LogP contribution in [-0.4, -0.2) is 31.8 Å². The first-order valence-corrected chi connectivity index (χ1v) is 7.81. The predicted molar refractivity (Wildman–Crippen MR) is 83.6 cm³/mol. The molecule has 0 saturated carbocycles. The van der Waals surface area contributed by atoms with Crippen molar-refractivity contribution in [2.24, 2.45) is 10.7 Å². The third-order valence-electron chi connectivity index (χ3n) is 2.81. The van der Waals surface area contributed by atoms with E-state index in [4.69, 9.17) is 10.5 Å². The third kappa shape index (κ3) is 15.2. The van der Waals surface area contributed by atoms with E-state index in [9.17, 15) is 0 Å². The molecule has 4 heteroatoms. The molecule has 0 aliphatic carbocycles. The lowest BCUT2D eigenvalue weighted by molar-refractivity contribution is 0.129. The van der Waals surface area contributed by atoms with Gasteiger partial charge >= 0.3 is 0 Å². The second-order valence-corrected chi connectivity index (χ2v) is 5.30. The summed E-state index contributed by atoms with van der Waals surface area (Å²) in [5, 5.41) is 3.07. The van der Waals surface area contributed by atoms with Crippen molar-refractivity contribution in [2.75, 3.05) is 19.8 Å². The van der Waals surface area contributed by atoms with Gasteiger partial charge in [0.1, 0.15) is 0 Å². The Kier molecular flexibility index (Phi) is 13.1. The van der Waals surface area contributed by atoms with Gasteiger partial charge in [-0.05, 0) is 26.7 Å². The van der Waals surface area contributed by atoms with Gasteiger partial charge in [0.05, 0.1) is 0 Å². The zero-order chi connectivity index (χ0) is 14.3. The van der Waals surface area contributed by atoms with E-state index in [2.05, 4.69) is 17.2 Å². The minimum Gasteiger partial charge on any atom is -0.381 e. The van der Waals surface area contributed by atoms with Crippen molar-refractivity contribution in [1.82, 2.24) is 5.32 Å². The van der Waals surface area contributed by atoms with Gasteiger partial charge in [-0.25, -0.2) is 0 Å². The molecule has 0 atom stereocenters. The summed E-state index contributed by atoms with van der Waals surface area (Å²) in [6, 6.07) is 0.340. The summed E-state index contributed by atoms with van der Waals surface area (Å²) in [6.45, 7) is 8.75. The fourth-order valence-corrected chi connectivity index (χ4v) is 1.79. The van der Waals surface area contributed by atoms with Crippen molar-refractivity contribution in [3.05, 3.63) is 0 Å². The molecule has 0 radical (unpaired) electrons. The quantitative estimate of drug-likeness (QED) is 0.326. The van der Waals surface area contributed by atoms with Crippen molar-refractivity contribution in [3.63, 3.8) is 0 Å². The van der Waals surface area contributed by atoms with E-state index in [-0.39, 0.29) is 0 Å². The minimum absolute atomic E-state index is 0.340. The molecule has 19 heavy (non-hydrogen) atoms. The van der Waals surface area contributed by atoms with E-state index >= 15 is 0 Å². The zero-order valence-corrected chi connectivity index (χ0v) is 13.1. The molecule has 0 aromatic carbocycles. The Morgan fingerprint density at radius 2 is 1.68 bits per heavy atom. The fourth-order valence-electron chi connectivity index (χ4n) is 1.79. The Morgan fingerprint density at radius 1 is 1.05 bits per heavy atom. The van der Waals surface area contributed by atoms with Gasteiger partial charge in [-0.3, -0.25) is 4.99 Å². The van der Waals surface area contributed by atoms with Gasteiger partial charge in [-0.2, -0.15) is 0 Å². The van der Waals surface area contributed by atoms with Crippen LogP contribution in [0.2, 0.25) is 0 Å². The van der Waals surface area contributed by atoms with Crippen molar-refractivity contribution in [3.8, 4) is 0 Å². The molecular weight excluding hydrogens is 238 g/mol. The van der Waals surface area contributed by atoms with Crippen molar-refractivity contribution < 1.29 is 4.74 Å². The highest BCUT2D eigenvalue weighted by Gasteiger charge is 1.95. The van der Waals surface area contributed by atoms with Gasteiger partial charge in [0, 0.05) is 25.8 Å². The maximum atomic E-state index is 5.69. The first kappa shape index (κ1) is 18.2. The smallest absolute Gasteiger partial charge is 0.188 e. The van der Waals surface area contributed by atoms with Gasteiger partial charge < -0.3 is 15.8 Å². The van der Waals surface area contributed by atoms with E-state index < -0.39 is 0 Å². The number of rotatable bonds is 12. The van der Waals surface area contributed by atoms with Crippen LogP contribution in [0.5, 0.6) is 0 Å². The van der Waals surface area contributed by atoms with E-state index in [0.717, 1.165) is 26.2 Å². The molecule has 114 valence electrons. The summed E-state index contributed by atoms with van der Waals surface area (Å²) in [4.78, 5) is 4.24. The second-order valence-electron chi connectivity index (χ2n) is 5.30. The summed E-state index contributed by atoms with van der Waals surface area (Å²) < 4.78 is 5.57. The number of hydrogen-bond acceptors (Lipinski definition) is 2. The summed E-state index contributed by atoms with van der Waals surface area (Å²) >= 11 is 0. The first-order valence-electron chi connectivity index (χ1n) is 7.81. The Balaban J connectivity index is 3.18. The Hall–Kier alpha value is -0.770. The molecule has 0 unspecified atom stereocenters. The lowest BCUT2D eigenvalue weighted by Crippen LogP contribution is -2.36. The average Bonchev–Trinajstić information content (AvgIpc) is 2.35. The highest BCUT2D eigenvalue weighted by Crippen LogP contribution is 2.04. The second kappa shape index (κ2) is 13.7. The lowest BCUT2D eigenvalue weighted by atomic mass is 10.1. The van der Waals surface area contributed by atoms with Crippen LogP contribution in [0.1, 0.15) is 65.7 Å². The Morgan fingerprint density at radius 3 is 2.37 bits per heavy atom. The topological polar surface area (TPSA) is 59.6 Å². The molecule has 0 bridgehead atoms. The molecule has 0 aliphatic rings. The van der Waals surface area contributed by atoms with E-state index in [1.54, 1.807) is 0 Å². The first-order chi connectivity index (χ1) is 9.16. The molecule has 0 aromatic rings. The van der Waals surface area contributed by atoms with Crippen molar-refractivity contribution in [1.29, 1.82) is 0 Å². The number of nitrogens with one attached hydrogen (secondary N) is 1. The van der Waals surface area contributed by atoms with Crippen LogP contribution < -0.4 is 11.1 Å². The van der Waals surface area contributed by atoms with Gasteiger partial charge in [0.2, 0.25) is 0 Å². The molecule has 0 saturated heterocycles. The molecule has 4 nitrogen and oxygen atoms in total. The molecule has 3 N–H and O–H groups in total. The maximum Gasteiger partial charge on any atom is 0.188 e. The van der Waals surface area contributed by atoms with Gasteiger partial charge in [-0.1, -0.05) is 39.0 Å². The van der Waals surface area contributed by atoms with Gasteiger partial charge in [-0.15, -0.1) is 0 Å². The number of guanidine groups is 1. The van der Waals surface area contributed by atoms with Crippen molar-refractivity contribution >= 4 is 5.96 Å². The average molecular weight is 271 g/mol. The van der Waals surface area contributed by atoms with Gasteiger partial charge in [0.15, 0.2) is 5.96 Å². The predicted octanol–water partition coefficient (Wildman–Crippen LogP) is 3.07. The van der Waals surface area contributed by atoms with Crippen molar-refractivity contribution in [2.45, 2.75) is 71.8 Å². The van der Waals surface area contributed by atoms with E-state index in [1.165, 1.54) is 38.5 Å². The summed E-state index contributed by atoms with van der Waals surface area (Å²) in [6.07, 6.45) is 8.81. The van der Waals surface area contributed by atoms with Crippen LogP contribution in [0.15, 0.2) is 4.99 Å². The molecular formula is C15H33N3O. The van der Waals surface area contributed by atoms with Gasteiger partial charge in [0.25, 0.3) is 0 Å². The van der Waals surface area contributed by atoms with Crippen LogP contribution >= 0.6 is 0 Å². The number of nitrogens with two attached hydrogens (primary N) is 1. The van der Waals surface area contributed by atoms with Crippen LogP contribution in [0, 0.1) is 0 Å². The molecule has 0 spiro atoms. The minimum atomic E-state index is 0.340. The summed E-state index contributed by atoms with van der Waals surface area (Å²) in [5.41, 5.74) is 5.69. The number of aliphatic imine (C=N–C) groups is 1. The Bertz CT molecular complexity index is 217. The van der Waals surface area contributed by atoms with E-state index in [0.29, 0.717) is 12.0 Å². The maximum absolute atomic E-state index is 5.69. The highest BCUT2D eigenvalue weighted by atomic mass is 16.5. The number of ether oxygens (including phenoxy) is 1. The number of hydrogen-bond donors (Lipinski definition) is 2. The molecule has 0 heterocycles. The zero-order valence-electron chi connectivity index (χ0n) is 13.1. The van der Waals surface area contributed by atoms with Crippen LogP contribution in [-0.2, 0) is 4.74 Å².